The van der Waals surface area contributed by atoms with E-state index in [9.17, 15) is 4.79 Å². The van der Waals surface area contributed by atoms with Gasteiger partial charge in [0.2, 0.25) is 0 Å². The van der Waals surface area contributed by atoms with Gasteiger partial charge in [0, 0.05) is 5.56 Å². The molecule has 1 aliphatic rings. The molecule has 1 unspecified atom stereocenters. The van der Waals surface area contributed by atoms with Crippen LogP contribution in [0.15, 0.2) is 4.52 Å². The lowest BCUT2D eigenvalue weighted by Crippen LogP contribution is -2.18. The highest BCUT2D eigenvalue weighted by atomic mass is 16.5. The van der Waals surface area contributed by atoms with Crippen molar-refractivity contribution in [3.8, 4) is 0 Å². The highest BCUT2D eigenvalue weighted by Gasteiger charge is 2.30. The molecule has 1 aliphatic heterocycles. The Morgan fingerprint density at radius 1 is 1.69 bits per heavy atom. The van der Waals surface area contributed by atoms with Crippen LogP contribution < -0.4 is 0 Å². The molecule has 5 nitrogen and oxygen atoms in total. The number of nitrogens with zero attached hydrogens (tertiary/aromatic N) is 2. The Morgan fingerprint density at radius 3 is 3.00 bits per heavy atom. The lowest BCUT2D eigenvalue weighted by atomic mass is 10.0. The average molecular weight is 224 g/mol. The fraction of sp³-hybridized carbons (Fsp3) is 0.636. The van der Waals surface area contributed by atoms with E-state index < -0.39 is 5.97 Å². The summed E-state index contributed by atoms with van der Waals surface area (Å²) >= 11 is 0. The molecule has 1 fully saturated rings. The monoisotopic (exact) mass is 224 g/mol. The summed E-state index contributed by atoms with van der Waals surface area (Å²) in [5.74, 6) is -0.104. The Morgan fingerprint density at radius 2 is 2.44 bits per heavy atom. The summed E-state index contributed by atoms with van der Waals surface area (Å²) in [6.07, 6.45) is 2.13. The molecule has 0 bridgehead atoms. The second kappa shape index (κ2) is 4.25. The number of carboxylic acids is 1. The molecule has 2 rings (SSSR count). The first-order valence-corrected chi connectivity index (χ1v) is 5.46. The van der Waals surface area contributed by atoms with Crippen LogP contribution in [0.3, 0.4) is 0 Å². The zero-order valence-electron chi connectivity index (χ0n) is 9.56. The summed E-state index contributed by atoms with van der Waals surface area (Å²) in [6, 6.07) is 0.190. The normalized spacial score (nSPS) is 21.5. The minimum Gasteiger partial charge on any atom is -0.481 e. The van der Waals surface area contributed by atoms with Crippen LogP contribution >= 0.6 is 0 Å². The third-order valence-corrected chi connectivity index (χ3v) is 3.17. The lowest BCUT2D eigenvalue weighted by molar-refractivity contribution is -0.136. The van der Waals surface area contributed by atoms with Gasteiger partial charge in [-0.1, -0.05) is 5.16 Å². The van der Waals surface area contributed by atoms with Gasteiger partial charge in [-0.05, 0) is 33.4 Å². The van der Waals surface area contributed by atoms with Crippen LogP contribution in [0.25, 0.3) is 0 Å². The molecular weight excluding hydrogens is 208 g/mol. The molecule has 1 saturated heterocycles. The van der Waals surface area contributed by atoms with Crippen LogP contribution in [0.1, 0.15) is 35.9 Å². The first-order chi connectivity index (χ1) is 7.59. The van der Waals surface area contributed by atoms with E-state index in [1.165, 1.54) is 0 Å². The molecule has 1 atom stereocenters. The summed E-state index contributed by atoms with van der Waals surface area (Å²) in [5.41, 5.74) is 1.43. The maximum absolute atomic E-state index is 10.8. The second-order valence-corrected chi connectivity index (χ2v) is 4.32. The SMILES string of the molecule is Cc1noc(C2CCCN2C)c1CC(=O)O. The maximum atomic E-state index is 10.8. The Kier molecular flexibility index (Phi) is 2.96. The Labute approximate surface area is 94.0 Å². The largest absolute Gasteiger partial charge is 0.481 e. The van der Waals surface area contributed by atoms with Crippen LogP contribution in [0.5, 0.6) is 0 Å². The molecule has 0 radical (unpaired) electrons. The molecule has 1 aromatic rings. The molecule has 1 N–H and O–H groups in total. The molecule has 0 saturated carbocycles. The first-order valence-electron chi connectivity index (χ1n) is 5.46. The number of aromatic nitrogens is 1. The van der Waals surface area contributed by atoms with Crippen LogP contribution in [-0.2, 0) is 11.2 Å². The quantitative estimate of drug-likeness (QED) is 0.840. The fourth-order valence-electron chi connectivity index (χ4n) is 2.28. The van der Waals surface area contributed by atoms with Gasteiger partial charge in [-0.25, -0.2) is 0 Å². The van der Waals surface area contributed by atoms with Gasteiger partial charge >= 0.3 is 5.97 Å². The Hall–Kier alpha value is -1.36. The molecule has 16 heavy (non-hydrogen) atoms. The van der Waals surface area contributed by atoms with Gasteiger partial charge in [0.15, 0.2) is 5.76 Å². The number of likely N-dealkylation sites (tertiary alicyclic amines) is 1. The third kappa shape index (κ3) is 1.95. The van der Waals surface area contributed by atoms with Crippen molar-refractivity contribution >= 4 is 5.97 Å². The minimum absolute atomic E-state index is 0.00495. The molecule has 5 heteroatoms. The second-order valence-electron chi connectivity index (χ2n) is 4.32. The summed E-state index contributed by atoms with van der Waals surface area (Å²) in [6.45, 7) is 2.82. The third-order valence-electron chi connectivity index (χ3n) is 3.17. The number of hydrogen-bond acceptors (Lipinski definition) is 4. The van der Waals surface area contributed by atoms with Gasteiger partial charge in [-0.15, -0.1) is 0 Å². The van der Waals surface area contributed by atoms with Crippen molar-refractivity contribution in [1.82, 2.24) is 10.1 Å². The molecule has 0 amide bonds. The number of carboxylic acid groups (broad SMARTS) is 1. The van der Waals surface area contributed by atoms with Crippen LogP contribution in [0, 0.1) is 6.92 Å². The average Bonchev–Trinajstić information content (AvgIpc) is 2.75. The lowest BCUT2D eigenvalue weighted by Gasteiger charge is -2.17. The van der Waals surface area contributed by atoms with Gasteiger partial charge in [0.1, 0.15) is 0 Å². The topological polar surface area (TPSA) is 66.6 Å². The van der Waals surface area contributed by atoms with Crippen molar-refractivity contribution in [3.63, 3.8) is 0 Å². The van der Waals surface area contributed by atoms with E-state index in [0.29, 0.717) is 5.69 Å². The highest BCUT2D eigenvalue weighted by molar-refractivity contribution is 5.70. The van der Waals surface area contributed by atoms with E-state index in [1.54, 1.807) is 6.92 Å². The number of hydrogen-bond donors (Lipinski definition) is 1. The van der Waals surface area contributed by atoms with Crippen LogP contribution in [0.2, 0.25) is 0 Å². The Balaban J connectivity index is 2.29. The van der Waals surface area contributed by atoms with Crippen molar-refractivity contribution in [2.24, 2.45) is 0 Å². The van der Waals surface area contributed by atoms with E-state index in [2.05, 4.69) is 10.1 Å². The van der Waals surface area contributed by atoms with E-state index >= 15 is 0 Å². The zero-order valence-corrected chi connectivity index (χ0v) is 9.56. The predicted octanol–water partition coefficient (Wildman–Crippen LogP) is 1.38. The summed E-state index contributed by atoms with van der Waals surface area (Å²) in [5, 5.41) is 12.7. The Bertz CT molecular complexity index is 400. The number of aliphatic carboxylic acids is 1. The van der Waals surface area contributed by atoms with Crippen LogP contribution in [-0.4, -0.2) is 34.7 Å². The first kappa shape index (κ1) is 11.1. The number of rotatable bonds is 3. The van der Waals surface area contributed by atoms with Crippen molar-refractivity contribution in [3.05, 3.63) is 17.0 Å². The van der Waals surface area contributed by atoms with Gasteiger partial charge in [0.05, 0.1) is 18.2 Å². The van der Waals surface area contributed by atoms with Crippen molar-refractivity contribution in [2.75, 3.05) is 13.6 Å². The number of aryl methyl sites for hydroxylation is 1. The summed E-state index contributed by atoms with van der Waals surface area (Å²) in [7, 11) is 2.03. The molecule has 0 spiro atoms. The maximum Gasteiger partial charge on any atom is 0.308 e. The molecular formula is C11H16N2O3. The molecule has 0 aromatic carbocycles. The molecule has 1 aromatic heterocycles. The van der Waals surface area contributed by atoms with Crippen LogP contribution in [0.4, 0.5) is 0 Å². The van der Waals surface area contributed by atoms with E-state index in [4.69, 9.17) is 9.63 Å². The molecule has 0 aliphatic carbocycles. The van der Waals surface area contributed by atoms with Gasteiger partial charge in [-0.2, -0.15) is 0 Å². The summed E-state index contributed by atoms with van der Waals surface area (Å²) < 4.78 is 5.30. The minimum atomic E-state index is -0.840. The van der Waals surface area contributed by atoms with Crippen molar-refractivity contribution in [1.29, 1.82) is 0 Å². The van der Waals surface area contributed by atoms with Gasteiger partial charge in [0.25, 0.3) is 0 Å². The predicted molar refractivity (Wildman–Crippen MR) is 57.2 cm³/mol. The highest BCUT2D eigenvalue weighted by Crippen LogP contribution is 2.33. The van der Waals surface area contributed by atoms with Crippen molar-refractivity contribution in [2.45, 2.75) is 32.2 Å². The van der Waals surface area contributed by atoms with Gasteiger partial charge in [-0.3, -0.25) is 9.69 Å². The van der Waals surface area contributed by atoms with Crippen molar-refractivity contribution < 1.29 is 14.4 Å². The van der Waals surface area contributed by atoms with Gasteiger partial charge < -0.3 is 9.63 Å². The smallest absolute Gasteiger partial charge is 0.308 e. The van der Waals surface area contributed by atoms with E-state index in [1.807, 2.05) is 7.05 Å². The molecule has 88 valence electrons. The number of carbonyl (C=O) groups is 1. The molecule has 2 heterocycles. The zero-order chi connectivity index (χ0) is 11.7. The summed E-state index contributed by atoms with van der Waals surface area (Å²) in [4.78, 5) is 13.0. The standard InChI is InChI=1S/C11H16N2O3/c1-7-8(6-10(14)15)11(16-12-7)9-4-3-5-13(9)2/h9H,3-6H2,1-2H3,(H,14,15). The van der Waals surface area contributed by atoms with E-state index in [0.717, 1.165) is 30.7 Å². The fourth-order valence-corrected chi connectivity index (χ4v) is 2.28. The van der Waals surface area contributed by atoms with E-state index in [-0.39, 0.29) is 12.5 Å².